The van der Waals surface area contributed by atoms with E-state index >= 15 is 0 Å². The van der Waals surface area contributed by atoms with E-state index in [-0.39, 0.29) is 5.91 Å². The lowest BCUT2D eigenvalue weighted by molar-refractivity contribution is -0.131. The number of nitrogens with zero attached hydrogens (tertiary/aromatic N) is 5. The molecule has 1 aliphatic heterocycles. The standard InChI is InChI=1S/C17H25N5O2/c1-12(2)6-15-19-20-16(24-15)7-14-4-5-21(10-14)17(23)11-22-9-13(3)8-18-22/h8-9,12,14H,4-7,10-11H2,1-3H3. The van der Waals surface area contributed by atoms with Gasteiger partial charge in [0.25, 0.3) is 0 Å². The van der Waals surface area contributed by atoms with Crippen LogP contribution in [0.2, 0.25) is 0 Å². The number of aryl methyl sites for hydroxylation is 1. The van der Waals surface area contributed by atoms with E-state index in [2.05, 4.69) is 29.1 Å². The fourth-order valence-corrected chi connectivity index (χ4v) is 3.07. The third-order valence-corrected chi connectivity index (χ3v) is 4.25. The van der Waals surface area contributed by atoms with Gasteiger partial charge in [0.15, 0.2) is 0 Å². The summed E-state index contributed by atoms with van der Waals surface area (Å²) >= 11 is 0. The molecule has 3 rings (SSSR count). The summed E-state index contributed by atoms with van der Waals surface area (Å²) in [4.78, 5) is 14.3. The van der Waals surface area contributed by atoms with Crippen molar-refractivity contribution in [3.63, 3.8) is 0 Å². The van der Waals surface area contributed by atoms with Crippen molar-refractivity contribution in [3.05, 3.63) is 29.7 Å². The van der Waals surface area contributed by atoms with Gasteiger partial charge >= 0.3 is 0 Å². The molecule has 3 heterocycles. The molecule has 1 atom stereocenters. The van der Waals surface area contributed by atoms with Gasteiger partial charge in [-0.05, 0) is 30.7 Å². The van der Waals surface area contributed by atoms with Gasteiger partial charge in [0.2, 0.25) is 17.7 Å². The summed E-state index contributed by atoms with van der Waals surface area (Å²) in [5, 5.41) is 12.4. The van der Waals surface area contributed by atoms with E-state index in [0.29, 0.717) is 30.2 Å². The highest BCUT2D eigenvalue weighted by Crippen LogP contribution is 2.21. The number of hydrogen-bond donors (Lipinski definition) is 0. The molecule has 0 spiro atoms. The van der Waals surface area contributed by atoms with E-state index in [4.69, 9.17) is 4.42 Å². The van der Waals surface area contributed by atoms with Gasteiger partial charge in [0.1, 0.15) is 6.54 Å². The molecular formula is C17H25N5O2. The van der Waals surface area contributed by atoms with Crippen LogP contribution in [-0.4, -0.2) is 43.9 Å². The maximum absolute atomic E-state index is 12.4. The molecule has 1 fully saturated rings. The largest absolute Gasteiger partial charge is 0.425 e. The fraction of sp³-hybridized carbons (Fsp3) is 0.647. The molecule has 2 aromatic heterocycles. The Kier molecular flexibility index (Phi) is 4.97. The minimum absolute atomic E-state index is 0.117. The summed E-state index contributed by atoms with van der Waals surface area (Å²) in [7, 11) is 0. The number of amides is 1. The number of rotatable bonds is 6. The summed E-state index contributed by atoms with van der Waals surface area (Å²) in [6, 6.07) is 0. The summed E-state index contributed by atoms with van der Waals surface area (Å²) in [5.41, 5.74) is 1.07. The number of carbonyl (C=O) groups is 1. The van der Waals surface area contributed by atoms with Crippen molar-refractivity contribution in [2.45, 2.75) is 46.6 Å². The highest BCUT2D eigenvalue weighted by Gasteiger charge is 2.28. The van der Waals surface area contributed by atoms with Gasteiger partial charge in [-0.2, -0.15) is 5.10 Å². The fourth-order valence-electron chi connectivity index (χ4n) is 3.07. The van der Waals surface area contributed by atoms with E-state index < -0.39 is 0 Å². The smallest absolute Gasteiger partial charge is 0.244 e. The molecule has 1 unspecified atom stereocenters. The van der Waals surface area contributed by atoms with E-state index in [1.807, 2.05) is 18.0 Å². The quantitative estimate of drug-likeness (QED) is 0.807. The Morgan fingerprint density at radius 1 is 1.38 bits per heavy atom. The zero-order chi connectivity index (χ0) is 17.1. The molecule has 0 radical (unpaired) electrons. The van der Waals surface area contributed by atoms with Gasteiger partial charge in [0.05, 0.1) is 6.20 Å². The van der Waals surface area contributed by atoms with Crippen molar-refractivity contribution in [1.82, 2.24) is 24.9 Å². The van der Waals surface area contributed by atoms with Gasteiger partial charge in [0, 0.05) is 32.1 Å². The minimum Gasteiger partial charge on any atom is -0.425 e. The van der Waals surface area contributed by atoms with Crippen LogP contribution in [0.5, 0.6) is 0 Å². The van der Waals surface area contributed by atoms with Crippen molar-refractivity contribution >= 4 is 5.91 Å². The van der Waals surface area contributed by atoms with Crippen molar-refractivity contribution < 1.29 is 9.21 Å². The Bertz CT molecular complexity index is 691. The lowest BCUT2D eigenvalue weighted by Crippen LogP contribution is -2.32. The molecule has 0 N–H and O–H groups in total. The number of carbonyl (C=O) groups excluding carboxylic acids is 1. The molecule has 0 saturated carbocycles. The summed E-state index contributed by atoms with van der Waals surface area (Å²) in [6.07, 6.45) is 6.19. The molecule has 0 aromatic carbocycles. The normalized spacial score (nSPS) is 17.8. The average molecular weight is 331 g/mol. The maximum atomic E-state index is 12.4. The zero-order valence-corrected chi connectivity index (χ0v) is 14.6. The minimum atomic E-state index is 0.117. The van der Waals surface area contributed by atoms with Crippen molar-refractivity contribution in [2.24, 2.45) is 11.8 Å². The zero-order valence-electron chi connectivity index (χ0n) is 14.6. The van der Waals surface area contributed by atoms with Crippen molar-refractivity contribution in [2.75, 3.05) is 13.1 Å². The van der Waals surface area contributed by atoms with Crippen LogP contribution in [0.1, 0.15) is 37.6 Å². The van der Waals surface area contributed by atoms with Crippen molar-refractivity contribution in [3.8, 4) is 0 Å². The summed E-state index contributed by atoms with van der Waals surface area (Å²) in [5.74, 6) is 2.41. The van der Waals surface area contributed by atoms with Crippen molar-refractivity contribution in [1.29, 1.82) is 0 Å². The van der Waals surface area contributed by atoms with Crippen LogP contribution < -0.4 is 0 Å². The van der Waals surface area contributed by atoms with Gasteiger partial charge in [-0.25, -0.2) is 0 Å². The molecule has 24 heavy (non-hydrogen) atoms. The molecule has 1 saturated heterocycles. The SMILES string of the molecule is Cc1cnn(CC(=O)N2CCC(Cc3nnc(CC(C)C)o3)C2)c1. The third kappa shape index (κ3) is 4.21. The van der Waals surface area contributed by atoms with E-state index in [0.717, 1.165) is 37.9 Å². The van der Waals surface area contributed by atoms with Crippen LogP contribution in [0.25, 0.3) is 0 Å². The van der Waals surface area contributed by atoms with Crippen LogP contribution in [-0.2, 0) is 24.2 Å². The topological polar surface area (TPSA) is 77.1 Å². The summed E-state index contributed by atoms with van der Waals surface area (Å²) < 4.78 is 7.41. The van der Waals surface area contributed by atoms with E-state index in [9.17, 15) is 4.79 Å². The number of likely N-dealkylation sites (tertiary alicyclic amines) is 1. The molecule has 0 bridgehead atoms. The average Bonchev–Trinajstić information content (AvgIpc) is 3.22. The van der Waals surface area contributed by atoms with Crippen LogP contribution in [0, 0.1) is 18.8 Å². The molecule has 130 valence electrons. The Morgan fingerprint density at radius 3 is 2.88 bits per heavy atom. The Morgan fingerprint density at radius 2 is 2.17 bits per heavy atom. The second-order valence-corrected chi connectivity index (χ2v) is 7.10. The lowest BCUT2D eigenvalue weighted by Gasteiger charge is -2.16. The molecular weight excluding hydrogens is 306 g/mol. The molecule has 7 heteroatoms. The van der Waals surface area contributed by atoms with Gasteiger partial charge in [-0.3, -0.25) is 9.48 Å². The first-order valence-electron chi connectivity index (χ1n) is 8.57. The first kappa shape index (κ1) is 16.7. The predicted octanol–water partition coefficient (Wildman–Crippen LogP) is 1.86. The lowest BCUT2D eigenvalue weighted by atomic mass is 10.1. The Hall–Kier alpha value is -2.18. The highest BCUT2D eigenvalue weighted by atomic mass is 16.4. The monoisotopic (exact) mass is 331 g/mol. The maximum Gasteiger partial charge on any atom is 0.244 e. The molecule has 2 aromatic rings. The number of hydrogen-bond acceptors (Lipinski definition) is 5. The molecule has 1 aliphatic rings. The molecule has 0 aliphatic carbocycles. The molecule has 1 amide bonds. The Balaban J connectivity index is 1.49. The van der Waals surface area contributed by atoms with E-state index in [1.54, 1.807) is 10.9 Å². The van der Waals surface area contributed by atoms with Gasteiger partial charge in [-0.1, -0.05) is 13.8 Å². The first-order valence-corrected chi connectivity index (χ1v) is 8.57. The second kappa shape index (κ2) is 7.15. The third-order valence-electron chi connectivity index (χ3n) is 4.25. The highest BCUT2D eigenvalue weighted by molar-refractivity contribution is 5.76. The van der Waals surface area contributed by atoms with Crippen LogP contribution >= 0.6 is 0 Å². The van der Waals surface area contributed by atoms with Gasteiger partial charge in [-0.15, -0.1) is 10.2 Å². The number of aromatic nitrogens is 4. The first-order chi connectivity index (χ1) is 11.5. The van der Waals surface area contributed by atoms with Gasteiger partial charge < -0.3 is 9.32 Å². The Labute approximate surface area is 142 Å². The van der Waals surface area contributed by atoms with Crippen LogP contribution in [0.4, 0.5) is 0 Å². The summed E-state index contributed by atoms with van der Waals surface area (Å²) in [6.45, 7) is 8.08. The van der Waals surface area contributed by atoms with Crippen LogP contribution in [0.15, 0.2) is 16.8 Å². The predicted molar refractivity (Wildman–Crippen MR) is 88.2 cm³/mol. The van der Waals surface area contributed by atoms with E-state index in [1.165, 1.54) is 0 Å². The molecule has 7 nitrogen and oxygen atoms in total. The second-order valence-electron chi connectivity index (χ2n) is 7.10. The van der Waals surface area contributed by atoms with Crippen LogP contribution in [0.3, 0.4) is 0 Å².